The van der Waals surface area contributed by atoms with Gasteiger partial charge in [0, 0.05) is 19.4 Å². The van der Waals surface area contributed by atoms with Crippen LogP contribution in [-0.2, 0) is 14.3 Å². The third-order valence-corrected chi connectivity index (χ3v) is 2.98. The van der Waals surface area contributed by atoms with Crippen molar-refractivity contribution in [2.45, 2.75) is 31.5 Å². The smallest absolute Gasteiger partial charge is 0.333 e. The summed E-state index contributed by atoms with van der Waals surface area (Å²) in [7, 11) is 0. The molecule has 2 saturated heterocycles. The average Bonchev–Trinajstić information content (AvgIpc) is 2.53. The van der Waals surface area contributed by atoms with Crippen LogP contribution in [0.5, 0.6) is 0 Å². The zero-order valence-electron chi connectivity index (χ0n) is 7.95. The van der Waals surface area contributed by atoms with Crippen molar-refractivity contribution in [1.82, 2.24) is 5.32 Å². The zero-order chi connectivity index (χ0) is 10.3. The average molecular weight is 199 g/mol. The third kappa shape index (κ3) is 1.37. The molecule has 2 N–H and O–H groups in total. The number of hydrogen-bond acceptors (Lipinski definition) is 3. The number of carboxylic acid groups (broad SMARTS) is 1. The van der Waals surface area contributed by atoms with Crippen LogP contribution in [-0.4, -0.2) is 35.2 Å². The molecule has 1 aliphatic carbocycles. The topological polar surface area (TPSA) is 75.6 Å². The van der Waals surface area contributed by atoms with Crippen LogP contribution < -0.4 is 5.32 Å². The predicted octanol–water partition coefficient (Wildman–Crippen LogP) is -0.245. The van der Waals surface area contributed by atoms with Crippen molar-refractivity contribution in [3.05, 3.63) is 0 Å². The van der Waals surface area contributed by atoms with Crippen molar-refractivity contribution < 1.29 is 19.4 Å². The number of ether oxygens (including phenoxy) is 1. The lowest BCUT2D eigenvalue weighted by Crippen LogP contribution is -2.46. The molecule has 14 heavy (non-hydrogen) atoms. The third-order valence-electron chi connectivity index (χ3n) is 2.98. The highest BCUT2D eigenvalue weighted by Crippen LogP contribution is 2.51. The van der Waals surface area contributed by atoms with E-state index in [0.717, 1.165) is 12.8 Å². The van der Waals surface area contributed by atoms with Gasteiger partial charge in [-0.3, -0.25) is 4.79 Å². The van der Waals surface area contributed by atoms with E-state index in [4.69, 9.17) is 9.84 Å². The van der Waals surface area contributed by atoms with E-state index in [1.807, 2.05) is 0 Å². The molecule has 2 aliphatic heterocycles. The normalized spacial score (nSPS) is 38.9. The quantitative estimate of drug-likeness (QED) is 0.657. The molecule has 2 bridgehead atoms. The van der Waals surface area contributed by atoms with Gasteiger partial charge in [-0.2, -0.15) is 0 Å². The summed E-state index contributed by atoms with van der Waals surface area (Å²) in [6.45, 7) is 1.87. The van der Waals surface area contributed by atoms with E-state index in [1.165, 1.54) is 6.92 Å². The van der Waals surface area contributed by atoms with Gasteiger partial charge < -0.3 is 15.2 Å². The molecule has 0 aromatic heterocycles. The van der Waals surface area contributed by atoms with Gasteiger partial charge in [0.05, 0.1) is 5.60 Å². The second-order valence-corrected chi connectivity index (χ2v) is 4.14. The molecule has 3 aliphatic rings. The first-order chi connectivity index (χ1) is 6.52. The van der Waals surface area contributed by atoms with Gasteiger partial charge in [0.1, 0.15) is 0 Å². The fraction of sp³-hybridized carbons (Fsp3) is 0.778. The molecule has 1 saturated carbocycles. The number of amides is 1. The predicted molar refractivity (Wildman–Crippen MR) is 46.6 cm³/mol. The summed E-state index contributed by atoms with van der Waals surface area (Å²) in [5.74, 6) is -0.858. The largest absolute Gasteiger partial charge is 0.479 e. The van der Waals surface area contributed by atoms with Crippen LogP contribution in [0.25, 0.3) is 0 Å². The van der Waals surface area contributed by atoms with Crippen LogP contribution in [0.3, 0.4) is 0 Å². The molecule has 78 valence electrons. The first kappa shape index (κ1) is 9.45. The monoisotopic (exact) mass is 199 g/mol. The molecule has 5 heteroatoms. The maximum atomic E-state index is 10.7. The standard InChI is InChI=1S/C9H13NO4/c1-5(11)10-4-9-2-6(3-9)7(14-9)8(12)13/h6-7H,2-4H2,1H3,(H,10,11)(H,12,13). The van der Waals surface area contributed by atoms with Crippen molar-refractivity contribution in [2.75, 3.05) is 6.54 Å². The highest BCUT2D eigenvalue weighted by molar-refractivity contribution is 5.74. The Bertz CT molecular complexity index is 283. The first-order valence-corrected chi connectivity index (χ1v) is 4.67. The molecular formula is C9H13NO4. The van der Waals surface area contributed by atoms with E-state index in [2.05, 4.69) is 5.32 Å². The second kappa shape index (κ2) is 2.95. The summed E-state index contributed by atoms with van der Waals surface area (Å²) in [5.41, 5.74) is -0.389. The van der Waals surface area contributed by atoms with E-state index in [-0.39, 0.29) is 17.4 Å². The lowest BCUT2D eigenvalue weighted by molar-refractivity contribution is -0.150. The van der Waals surface area contributed by atoms with Gasteiger partial charge in [-0.25, -0.2) is 4.79 Å². The van der Waals surface area contributed by atoms with E-state index in [1.54, 1.807) is 0 Å². The van der Waals surface area contributed by atoms with E-state index in [9.17, 15) is 9.59 Å². The number of carbonyl (C=O) groups excluding carboxylic acids is 1. The Labute approximate surface area is 81.4 Å². The van der Waals surface area contributed by atoms with Crippen LogP contribution >= 0.6 is 0 Å². The van der Waals surface area contributed by atoms with Crippen LogP contribution in [0, 0.1) is 5.92 Å². The van der Waals surface area contributed by atoms with Crippen LogP contribution in [0.4, 0.5) is 0 Å². The van der Waals surface area contributed by atoms with Crippen LogP contribution in [0.2, 0.25) is 0 Å². The van der Waals surface area contributed by atoms with Gasteiger partial charge >= 0.3 is 5.97 Å². The maximum Gasteiger partial charge on any atom is 0.333 e. The van der Waals surface area contributed by atoms with E-state index in [0.29, 0.717) is 6.54 Å². The van der Waals surface area contributed by atoms with Gasteiger partial charge in [-0.15, -0.1) is 0 Å². The SMILES string of the molecule is CC(=O)NCC12CC(C1)C(C(=O)O)O2. The molecule has 3 rings (SSSR count). The van der Waals surface area contributed by atoms with Crippen molar-refractivity contribution in [3.63, 3.8) is 0 Å². The molecule has 0 spiro atoms. The molecule has 2 heterocycles. The molecule has 5 nitrogen and oxygen atoms in total. The Morgan fingerprint density at radius 3 is 2.64 bits per heavy atom. The van der Waals surface area contributed by atoms with Crippen molar-refractivity contribution in [1.29, 1.82) is 0 Å². The summed E-state index contributed by atoms with van der Waals surface area (Å²) in [6.07, 6.45) is 0.845. The summed E-state index contributed by atoms with van der Waals surface area (Å²) in [5, 5.41) is 11.5. The lowest BCUT2D eigenvalue weighted by atomic mass is 9.72. The van der Waals surface area contributed by atoms with Gasteiger partial charge in [0.15, 0.2) is 6.10 Å². The number of fused-ring (bicyclic) bond motifs is 1. The van der Waals surface area contributed by atoms with Crippen molar-refractivity contribution >= 4 is 11.9 Å². The second-order valence-electron chi connectivity index (χ2n) is 4.14. The number of rotatable bonds is 3. The Hall–Kier alpha value is -1.10. The minimum atomic E-state index is -0.891. The number of aliphatic carboxylic acids is 1. The van der Waals surface area contributed by atoms with E-state index >= 15 is 0 Å². The summed E-state index contributed by atoms with van der Waals surface area (Å²) in [4.78, 5) is 21.4. The molecule has 0 radical (unpaired) electrons. The van der Waals surface area contributed by atoms with Gasteiger partial charge in [0.2, 0.25) is 5.91 Å². The molecule has 1 unspecified atom stereocenters. The Balaban J connectivity index is 1.91. The first-order valence-electron chi connectivity index (χ1n) is 4.67. The van der Waals surface area contributed by atoms with Gasteiger partial charge in [-0.05, 0) is 12.8 Å². The fourth-order valence-corrected chi connectivity index (χ4v) is 2.30. The fourth-order valence-electron chi connectivity index (χ4n) is 2.30. The number of nitrogens with one attached hydrogen (secondary N) is 1. The Morgan fingerprint density at radius 1 is 1.57 bits per heavy atom. The molecular weight excluding hydrogens is 186 g/mol. The molecule has 0 aromatic rings. The van der Waals surface area contributed by atoms with Gasteiger partial charge in [0.25, 0.3) is 0 Å². The number of carbonyl (C=O) groups is 2. The lowest BCUT2D eigenvalue weighted by Gasteiger charge is -2.35. The molecule has 1 atom stereocenters. The summed E-state index contributed by atoms with van der Waals surface area (Å²) in [6, 6.07) is 0. The summed E-state index contributed by atoms with van der Waals surface area (Å²) < 4.78 is 5.42. The molecule has 1 amide bonds. The highest BCUT2D eigenvalue weighted by atomic mass is 16.5. The minimum Gasteiger partial charge on any atom is -0.479 e. The number of hydrogen-bond donors (Lipinski definition) is 2. The number of carboxylic acids is 1. The summed E-state index contributed by atoms with van der Waals surface area (Å²) >= 11 is 0. The van der Waals surface area contributed by atoms with Crippen molar-refractivity contribution in [2.24, 2.45) is 5.92 Å². The van der Waals surface area contributed by atoms with Crippen LogP contribution in [0.1, 0.15) is 19.8 Å². The van der Waals surface area contributed by atoms with Gasteiger partial charge in [-0.1, -0.05) is 0 Å². The Morgan fingerprint density at radius 2 is 2.21 bits per heavy atom. The molecule has 0 aromatic carbocycles. The maximum absolute atomic E-state index is 10.7. The van der Waals surface area contributed by atoms with Crippen molar-refractivity contribution in [3.8, 4) is 0 Å². The minimum absolute atomic E-state index is 0.106. The Kier molecular flexibility index (Phi) is 1.99. The molecule has 3 fully saturated rings. The van der Waals surface area contributed by atoms with E-state index < -0.39 is 12.1 Å². The highest BCUT2D eigenvalue weighted by Gasteiger charge is 2.59. The van der Waals surface area contributed by atoms with Crippen LogP contribution in [0.15, 0.2) is 0 Å². The zero-order valence-corrected chi connectivity index (χ0v) is 7.95.